The lowest BCUT2D eigenvalue weighted by Crippen LogP contribution is -2.41. The van der Waals surface area contributed by atoms with Crippen molar-refractivity contribution in [3.8, 4) is 0 Å². The van der Waals surface area contributed by atoms with Gasteiger partial charge >= 0.3 is 0 Å². The number of nitrogens with one attached hydrogen (secondary N) is 1. The molecule has 20 heavy (non-hydrogen) atoms. The van der Waals surface area contributed by atoms with E-state index in [4.69, 9.17) is 0 Å². The maximum absolute atomic E-state index is 12.3. The summed E-state index contributed by atoms with van der Waals surface area (Å²) in [4.78, 5) is 22.7. The van der Waals surface area contributed by atoms with Crippen LogP contribution < -0.4 is 5.32 Å². The average Bonchev–Trinajstić information content (AvgIpc) is 2.88. The zero-order valence-electron chi connectivity index (χ0n) is 11.8. The smallest absolute Gasteiger partial charge is 0.244 e. The molecule has 1 amide bonds. The fraction of sp³-hybridized carbons (Fsp3) is 0.462. The summed E-state index contributed by atoms with van der Waals surface area (Å²) < 4.78 is 2.54. The third-order valence-corrected chi connectivity index (χ3v) is 3.53. The summed E-state index contributed by atoms with van der Waals surface area (Å²) in [6, 6.07) is -0.350. The van der Waals surface area contributed by atoms with Gasteiger partial charge in [0.15, 0.2) is 11.5 Å². The molecule has 2 aromatic heterocycles. The Balaban J connectivity index is 2.23. The zero-order valence-corrected chi connectivity index (χ0v) is 13.4. The summed E-state index contributed by atoms with van der Waals surface area (Å²) in [7, 11) is 0. The summed E-state index contributed by atoms with van der Waals surface area (Å²) in [5.74, 6) is 0.652. The van der Waals surface area contributed by atoms with Gasteiger partial charge in [-0.1, -0.05) is 0 Å². The molecule has 6 nitrogen and oxygen atoms in total. The molecular formula is C13H18BrN5O. The number of likely N-dealkylation sites (N-methyl/N-ethyl adjacent to an activating group) is 1. The molecule has 0 bridgehead atoms. The molecule has 0 aromatic carbocycles. The normalized spacial score (nSPS) is 12.4. The minimum absolute atomic E-state index is 0.0569. The van der Waals surface area contributed by atoms with Crippen LogP contribution in [-0.2, 0) is 4.79 Å². The first-order valence-electron chi connectivity index (χ1n) is 6.61. The van der Waals surface area contributed by atoms with Gasteiger partial charge in [0, 0.05) is 31.7 Å². The van der Waals surface area contributed by atoms with E-state index in [9.17, 15) is 4.79 Å². The molecule has 1 atom stereocenters. The van der Waals surface area contributed by atoms with Crippen LogP contribution in [0.2, 0.25) is 0 Å². The van der Waals surface area contributed by atoms with Gasteiger partial charge < -0.3 is 14.6 Å². The molecule has 7 heteroatoms. The van der Waals surface area contributed by atoms with Crippen LogP contribution in [0.4, 0.5) is 5.82 Å². The van der Waals surface area contributed by atoms with E-state index in [0.717, 1.165) is 0 Å². The van der Waals surface area contributed by atoms with Crippen molar-refractivity contribution in [3.63, 3.8) is 0 Å². The van der Waals surface area contributed by atoms with E-state index in [-0.39, 0.29) is 11.9 Å². The van der Waals surface area contributed by atoms with E-state index in [1.807, 2.05) is 37.6 Å². The zero-order chi connectivity index (χ0) is 14.7. The number of nitrogens with zero attached hydrogens (tertiary/aromatic N) is 4. The maximum atomic E-state index is 12.3. The molecule has 0 aliphatic heterocycles. The number of amides is 1. The monoisotopic (exact) mass is 339 g/mol. The fourth-order valence-electron chi connectivity index (χ4n) is 2.07. The first-order chi connectivity index (χ1) is 9.56. The van der Waals surface area contributed by atoms with Crippen molar-refractivity contribution >= 4 is 33.3 Å². The fourth-order valence-corrected chi connectivity index (χ4v) is 2.47. The van der Waals surface area contributed by atoms with Crippen molar-refractivity contribution in [2.45, 2.75) is 26.8 Å². The van der Waals surface area contributed by atoms with Gasteiger partial charge in [0.2, 0.25) is 5.91 Å². The Morgan fingerprint density at radius 3 is 2.85 bits per heavy atom. The van der Waals surface area contributed by atoms with Gasteiger partial charge in [0.05, 0.1) is 0 Å². The number of aromatic nitrogens is 3. The van der Waals surface area contributed by atoms with Crippen LogP contribution in [0.15, 0.2) is 23.2 Å². The number of carbonyl (C=O) groups excluding carboxylic acids is 1. The van der Waals surface area contributed by atoms with Gasteiger partial charge in [-0.3, -0.25) is 4.79 Å². The first kappa shape index (κ1) is 14.8. The van der Waals surface area contributed by atoms with Crippen molar-refractivity contribution in [1.82, 2.24) is 19.3 Å². The van der Waals surface area contributed by atoms with Gasteiger partial charge in [0.25, 0.3) is 0 Å². The number of anilines is 1. The lowest BCUT2D eigenvalue weighted by Gasteiger charge is -2.23. The van der Waals surface area contributed by atoms with E-state index < -0.39 is 0 Å². The number of hydrogen-bond donors (Lipinski definition) is 1. The Morgan fingerprint density at radius 1 is 1.50 bits per heavy atom. The van der Waals surface area contributed by atoms with E-state index >= 15 is 0 Å². The van der Waals surface area contributed by atoms with Crippen LogP contribution in [0.3, 0.4) is 0 Å². The Morgan fingerprint density at radius 2 is 2.20 bits per heavy atom. The number of hydrogen-bond acceptors (Lipinski definition) is 4. The molecule has 1 unspecified atom stereocenters. The molecule has 108 valence electrons. The van der Waals surface area contributed by atoms with Gasteiger partial charge in [0.1, 0.15) is 10.6 Å². The van der Waals surface area contributed by atoms with E-state index in [1.165, 1.54) is 0 Å². The quantitative estimate of drug-likeness (QED) is 0.906. The standard InChI is InChI=1S/C13H18BrN5O/c1-4-18(5-2)13(20)9(3)16-11-12-15-6-7-19(12)8-10(14)17-11/h6-9H,4-5H2,1-3H3,(H,16,17). The highest BCUT2D eigenvalue weighted by molar-refractivity contribution is 9.10. The Kier molecular flexibility index (Phi) is 4.59. The van der Waals surface area contributed by atoms with Crippen molar-refractivity contribution in [3.05, 3.63) is 23.2 Å². The van der Waals surface area contributed by atoms with E-state index in [2.05, 4.69) is 31.2 Å². The van der Waals surface area contributed by atoms with Gasteiger partial charge in [-0.05, 0) is 36.7 Å². The Bertz CT molecular complexity index is 608. The summed E-state index contributed by atoms with van der Waals surface area (Å²) in [6.45, 7) is 7.18. The molecule has 0 saturated heterocycles. The average molecular weight is 340 g/mol. The van der Waals surface area contributed by atoms with Crippen molar-refractivity contribution in [2.75, 3.05) is 18.4 Å². The second kappa shape index (κ2) is 6.21. The van der Waals surface area contributed by atoms with Gasteiger partial charge in [-0.2, -0.15) is 0 Å². The minimum Gasteiger partial charge on any atom is -0.355 e. The second-order valence-corrected chi connectivity index (χ2v) is 5.26. The van der Waals surface area contributed by atoms with Crippen LogP contribution in [0.5, 0.6) is 0 Å². The SMILES string of the molecule is CCN(CC)C(=O)C(C)Nc1nc(Br)cn2ccnc12. The second-order valence-electron chi connectivity index (χ2n) is 4.45. The topological polar surface area (TPSA) is 62.5 Å². The lowest BCUT2D eigenvalue weighted by atomic mass is 10.3. The first-order valence-corrected chi connectivity index (χ1v) is 7.40. The summed E-state index contributed by atoms with van der Waals surface area (Å²) in [5.41, 5.74) is 0.701. The largest absolute Gasteiger partial charge is 0.355 e. The molecule has 0 saturated carbocycles. The van der Waals surface area contributed by atoms with Crippen molar-refractivity contribution in [1.29, 1.82) is 0 Å². The minimum atomic E-state index is -0.350. The van der Waals surface area contributed by atoms with Crippen LogP contribution in [0.1, 0.15) is 20.8 Å². The summed E-state index contributed by atoms with van der Waals surface area (Å²) in [6.07, 6.45) is 5.36. The molecule has 0 radical (unpaired) electrons. The van der Waals surface area contributed by atoms with Crippen LogP contribution >= 0.6 is 15.9 Å². The summed E-state index contributed by atoms with van der Waals surface area (Å²) >= 11 is 3.36. The predicted molar refractivity (Wildman–Crippen MR) is 81.7 cm³/mol. The Labute approximate surface area is 126 Å². The van der Waals surface area contributed by atoms with Gasteiger partial charge in [-0.15, -0.1) is 0 Å². The highest BCUT2D eigenvalue weighted by Gasteiger charge is 2.19. The molecule has 0 aliphatic carbocycles. The Hall–Kier alpha value is -1.63. The maximum Gasteiger partial charge on any atom is 0.244 e. The van der Waals surface area contributed by atoms with Crippen molar-refractivity contribution in [2.24, 2.45) is 0 Å². The molecule has 0 aliphatic rings. The van der Waals surface area contributed by atoms with Crippen LogP contribution in [0, 0.1) is 0 Å². The number of carbonyl (C=O) groups is 1. The molecule has 2 heterocycles. The number of fused-ring (bicyclic) bond motifs is 1. The molecular weight excluding hydrogens is 322 g/mol. The highest BCUT2D eigenvalue weighted by Crippen LogP contribution is 2.18. The lowest BCUT2D eigenvalue weighted by molar-refractivity contribution is -0.131. The molecule has 0 fully saturated rings. The van der Waals surface area contributed by atoms with Crippen LogP contribution in [0.25, 0.3) is 5.65 Å². The molecule has 1 N–H and O–H groups in total. The van der Waals surface area contributed by atoms with E-state index in [1.54, 1.807) is 11.1 Å². The summed E-state index contributed by atoms with van der Waals surface area (Å²) in [5, 5.41) is 3.15. The van der Waals surface area contributed by atoms with Crippen LogP contribution in [-0.4, -0.2) is 44.3 Å². The number of imidazole rings is 1. The highest BCUT2D eigenvalue weighted by atomic mass is 79.9. The number of rotatable bonds is 5. The molecule has 0 spiro atoms. The van der Waals surface area contributed by atoms with Crippen molar-refractivity contribution < 1.29 is 4.79 Å². The number of halogens is 1. The van der Waals surface area contributed by atoms with E-state index in [0.29, 0.717) is 29.2 Å². The molecule has 2 rings (SSSR count). The van der Waals surface area contributed by atoms with Gasteiger partial charge in [-0.25, -0.2) is 9.97 Å². The predicted octanol–water partition coefficient (Wildman–Crippen LogP) is 2.16. The third-order valence-electron chi connectivity index (χ3n) is 3.14. The molecule has 2 aromatic rings. The third kappa shape index (κ3) is 2.92.